The smallest absolute Gasteiger partial charge is 0.251 e. The minimum atomic E-state index is -0.0486. The third-order valence-corrected chi connectivity index (χ3v) is 4.10. The summed E-state index contributed by atoms with van der Waals surface area (Å²) in [5, 5.41) is 2.95. The Balaban J connectivity index is 1.81. The van der Waals surface area contributed by atoms with E-state index in [0.717, 1.165) is 23.6 Å². The summed E-state index contributed by atoms with van der Waals surface area (Å²) in [4.78, 5) is 14.4. The molecule has 0 radical (unpaired) electrons. The van der Waals surface area contributed by atoms with Crippen LogP contribution in [0.15, 0.2) is 22.7 Å². The highest BCUT2D eigenvalue weighted by atomic mass is 79.9. The lowest BCUT2D eigenvalue weighted by Crippen LogP contribution is -2.36. The molecule has 0 heterocycles. The van der Waals surface area contributed by atoms with Gasteiger partial charge in [-0.1, -0.05) is 6.92 Å². The molecule has 1 aliphatic rings. The molecule has 3 N–H and O–H groups in total. The molecule has 1 saturated carbocycles. The molecule has 19 heavy (non-hydrogen) atoms. The first-order valence-electron chi connectivity index (χ1n) is 6.69. The quantitative estimate of drug-likeness (QED) is 0.789. The van der Waals surface area contributed by atoms with Crippen molar-refractivity contribution in [3.8, 4) is 0 Å². The van der Waals surface area contributed by atoms with E-state index in [1.165, 1.54) is 12.8 Å². The number of benzene rings is 1. The summed E-state index contributed by atoms with van der Waals surface area (Å²) < 4.78 is 0.758. The summed E-state index contributed by atoms with van der Waals surface area (Å²) in [6, 6.07) is 5.98. The van der Waals surface area contributed by atoms with Crippen LogP contribution >= 0.6 is 15.9 Å². The number of halogens is 1. The Bertz CT molecular complexity index is 460. The number of likely N-dealkylation sites (N-methyl/N-ethyl adjacent to an activating group) is 1. The maximum atomic E-state index is 12.0. The number of nitrogens with zero attached hydrogens (tertiary/aromatic N) is 1. The van der Waals surface area contributed by atoms with Crippen molar-refractivity contribution in [2.24, 2.45) is 0 Å². The summed E-state index contributed by atoms with van der Waals surface area (Å²) in [5.41, 5.74) is 6.98. The van der Waals surface area contributed by atoms with E-state index in [2.05, 4.69) is 33.1 Å². The molecule has 1 aromatic carbocycles. The van der Waals surface area contributed by atoms with E-state index in [0.29, 0.717) is 17.8 Å². The first-order valence-corrected chi connectivity index (χ1v) is 7.48. The van der Waals surface area contributed by atoms with Crippen LogP contribution in [-0.4, -0.2) is 36.5 Å². The summed E-state index contributed by atoms with van der Waals surface area (Å²) in [7, 11) is 0. The van der Waals surface area contributed by atoms with Crippen LogP contribution in [0.1, 0.15) is 30.1 Å². The molecule has 1 aliphatic carbocycles. The van der Waals surface area contributed by atoms with Crippen molar-refractivity contribution < 1.29 is 4.79 Å². The lowest BCUT2D eigenvalue weighted by atomic mass is 10.2. The molecule has 4 nitrogen and oxygen atoms in total. The number of hydrogen-bond donors (Lipinski definition) is 2. The second kappa shape index (κ2) is 6.39. The topological polar surface area (TPSA) is 58.4 Å². The third-order valence-electron chi connectivity index (χ3n) is 3.42. The van der Waals surface area contributed by atoms with Crippen LogP contribution in [0, 0.1) is 0 Å². The minimum Gasteiger partial charge on any atom is -0.398 e. The van der Waals surface area contributed by atoms with Gasteiger partial charge in [0, 0.05) is 34.9 Å². The van der Waals surface area contributed by atoms with Crippen molar-refractivity contribution in [3.63, 3.8) is 0 Å². The van der Waals surface area contributed by atoms with Crippen molar-refractivity contribution in [3.05, 3.63) is 28.2 Å². The SMILES string of the molecule is CCN(CCNC(=O)c1ccc(N)c(Br)c1)C1CC1. The highest BCUT2D eigenvalue weighted by Gasteiger charge is 2.27. The van der Waals surface area contributed by atoms with Crippen molar-refractivity contribution in [1.29, 1.82) is 0 Å². The third kappa shape index (κ3) is 3.94. The molecule has 0 spiro atoms. The van der Waals surface area contributed by atoms with Crippen molar-refractivity contribution in [1.82, 2.24) is 10.2 Å². The fourth-order valence-electron chi connectivity index (χ4n) is 2.12. The zero-order valence-electron chi connectivity index (χ0n) is 11.2. The molecule has 1 fully saturated rings. The number of carbonyl (C=O) groups excluding carboxylic acids is 1. The molecule has 2 rings (SSSR count). The largest absolute Gasteiger partial charge is 0.398 e. The van der Waals surface area contributed by atoms with E-state index in [1.807, 2.05) is 0 Å². The summed E-state index contributed by atoms with van der Waals surface area (Å²) in [5.74, 6) is -0.0486. The average molecular weight is 326 g/mol. The number of amides is 1. The Morgan fingerprint density at radius 1 is 1.53 bits per heavy atom. The standard InChI is InChI=1S/C14H20BrN3O/c1-2-18(11-4-5-11)8-7-17-14(19)10-3-6-13(16)12(15)9-10/h3,6,9,11H,2,4-5,7-8,16H2,1H3,(H,17,19). The van der Waals surface area contributed by atoms with Crippen LogP contribution in [0.4, 0.5) is 5.69 Å². The predicted octanol–water partition coefficient (Wildman–Crippen LogP) is 2.25. The number of nitrogen functional groups attached to an aromatic ring is 1. The molecule has 0 aliphatic heterocycles. The molecular weight excluding hydrogens is 306 g/mol. The van der Waals surface area contributed by atoms with Gasteiger partial charge in [0.1, 0.15) is 0 Å². The van der Waals surface area contributed by atoms with Gasteiger partial charge in [0.25, 0.3) is 5.91 Å². The van der Waals surface area contributed by atoms with Gasteiger partial charge >= 0.3 is 0 Å². The van der Waals surface area contributed by atoms with Gasteiger partial charge in [0.15, 0.2) is 0 Å². The van der Waals surface area contributed by atoms with Crippen molar-refractivity contribution in [2.75, 3.05) is 25.4 Å². The zero-order valence-corrected chi connectivity index (χ0v) is 12.7. The number of carbonyl (C=O) groups is 1. The molecule has 1 aromatic rings. The van der Waals surface area contributed by atoms with Crippen LogP contribution in [0.3, 0.4) is 0 Å². The van der Waals surface area contributed by atoms with E-state index < -0.39 is 0 Å². The molecule has 0 saturated heterocycles. The van der Waals surface area contributed by atoms with Crippen molar-refractivity contribution >= 4 is 27.5 Å². The predicted molar refractivity (Wildman–Crippen MR) is 81.2 cm³/mol. The van der Waals surface area contributed by atoms with Crippen LogP contribution in [0.2, 0.25) is 0 Å². The Labute approximate surface area is 122 Å². The first-order chi connectivity index (χ1) is 9.11. The van der Waals surface area contributed by atoms with Gasteiger partial charge in [-0.15, -0.1) is 0 Å². The van der Waals surface area contributed by atoms with Gasteiger partial charge in [0.2, 0.25) is 0 Å². The number of hydrogen-bond acceptors (Lipinski definition) is 3. The van der Waals surface area contributed by atoms with Crippen LogP contribution < -0.4 is 11.1 Å². The summed E-state index contributed by atoms with van der Waals surface area (Å²) in [6.45, 7) is 4.82. The zero-order chi connectivity index (χ0) is 13.8. The fraction of sp³-hybridized carbons (Fsp3) is 0.500. The second-order valence-corrected chi connectivity index (χ2v) is 5.71. The van der Waals surface area contributed by atoms with Gasteiger partial charge in [0.05, 0.1) is 0 Å². The summed E-state index contributed by atoms with van der Waals surface area (Å²) >= 11 is 3.33. The number of nitrogens with one attached hydrogen (secondary N) is 1. The van der Waals surface area contributed by atoms with E-state index >= 15 is 0 Å². The second-order valence-electron chi connectivity index (χ2n) is 4.85. The Kier molecular flexibility index (Phi) is 4.82. The highest BCUT2D eigenvalue weighted by Crippen LogP contribution is 2.25. The van der Waals surface area contributed by atoms with Gasteiger partial charge in [-0.3, -0.25) is 9.69 Å². The Morgan fingerprint density at radius 2 is 2.26 bits per heavy atom. The Morgan fingerprint density at radius 3 is 2.84 bits per heavy atom. The first kappa shape index (κ1) is 14.3. The van der Waals surface area contributed by atoms with Gasteiger partial charge in [-0.05, 0) is 53.5 Å². The maximum absolute atomic E-state index is 12.0. The van der Waals surface area contributed by atoms with Crippen LogP contribution in [-0.2, 0) is 0 Å². The molecule has 0 aromatic heterocycles. The van der Waals surface area contributed by atoms with Gasteiger partial charge in [-0.25, -0.2) is 0 Å². The van der Waals surface area contributed by atoms with Crippen LogP contribution in [0.25, 0.3) is 0 Å². The number of nitrogens with two attached hydrogens (primary N) is 1. The lowest BCUT2D eigenvalue weighted by molar-refractivity contribution is 0.0948. The summed E-state index contributed by atoms with van der Waals surface area (Å²) in [6.07, 6.45) is 2.60. The maximum Gasteiger partial charge on any atom is 0.251 e. The lowest BCUT2D eigenvalue weighted by Gasteiger charge is -2.19. The van der Waals surface area contributed by atoms with Crippen molar-refractivity contribution in [2.45, 2.75) is 25.8 Å². The average Bonchev–Trinajstić information content (AvgIpc) is 3.22. The molecule has 5 heteroatoms. The highest BCUT2D eigenvalue weighted by molar-refractivity contribution is 9.10. The fourth-order valence-corrected chi connectivity index (χ4v) is 2.50. The van der Waals surface area contributed by atoms with E-state index in [-0.39, 0.29) is 5.91 Å². The molecule has 104 valence electrons. The van der Waals surface area contributed by atoms with Gasteiger partial charge in [-0.2, -0.15) is 0 Å². The van der Waals surface area contributed by atoms with Gasteiger partial charge < -0.3 is 11.1 Å². The number of anilines is 1. The molecule has 1 amide bonds. The van der Waals surface area contributed by atoms with E-state index in [9.17, 15) is 4.79 Å². The molecule has 0 bridgehead atoms. The monoisotopic (exact) mass is 325 g/mol. The van der Waals surface area contributed by atoms with E-state index in [4.69, 9.17) is 5.73 Å². The number of rotatable bonds is 6. The normalized spacial score (nSPS) is 14.7. The van der Waals surface area contributed by atoms with Crippen LogP contribution in [0.5, 0.6) is 0 Å². The Hall–Kier alpha value is -1.07. The molecule has 0 atom stereocenters. The molecule has 0 unspecified atom stereocenters. The molecular formula is C14H20BrN3O. The minimum absolute atomic E-state index is 0.0486. The van der Waals surface area contributed by atoms with E-state index in [1.54, 1.807) is 18.2 Å².